The lowest BCUT2D eigenvalue weighted by Crippen LogP contribution is -2.50. The van der Waals surface area contributed by atoms with Crippen molar-refractivity contribution in [1.29, 1.82) is 0 Å². The highest BCUT2D eigenvalue weighted by Gasteiger charge is 2.40. The minimum Gasteiger partial charge on any atom is -0.481 e. The van der Waals surface area contributed by atoms with Crippen LogP contribution in [0.3, 0.4) is 0 Å². The summed E-state index contributed by atoms with van der Waals surface area (Å²) in [6, 6.07) is 9.05. The van der Waals surface area contributed by atoms with Gasteiger partial charge >= 0.3 is 5.97 Å². The van der Waals surface area contributed by atoms with Gasteiger partial charge < -0.3 is 15.3 Å². The summed E-state index contributed by atoms with van der Waals surface area (Å²) >= 11 is 0. The van der Waals surface area contributed by atoms with E-state index in [0.29, 0.717) is 18.5 Å². The van der Waals surface area contributed by atoms with Crippen LogP contribution in [0.25, 0.3) is 0 Å². The Morgan fingerprint density at radius 3 is 2.44 bits per heavy atom. The van der Waals surface area contributed by atoms with E-state index >= 15 is 0 Å². The Morgan fingerprint density at radius 2 is 1.85 bits per heavy atom. The van der Waals surface area contributed by atoms with E-state index in [9.17, 15) is 19.5 Å². The highest BCUT2D eigenvalue weighted by atomic mass is 16.4. The van der Waals surface area contributed by atoms with Crippen molar-refractivity contribution in [2.45, 2.75) is 44.4 Å². The molecule has 1 heterocycles. The fraction of sp³-hybridized carbons (Fsp3) is 0.571. The van der Waals surface area contributed by atoms with E-state index in [1.54, 1.807) is 12.1 Å². The Kier molecular flexibility index (Phi) is 5.82. The molecule has 0 radical (unpaired) electrons. The van der Waals surface area contributed by atoms with Crippen LogP contribution in [0.1, 0.15) is 44.6 Å². The molecule has 2 amide bonds. The van der Waals surface area contributed by atoms with Crippen molar-refractivity contribution in [2.75, 3.05) is 19.6 Å². The molecule has 2 fully saturated rings. The second kappa shape index (κ2) is 8.11. The van der Waals surface area contributed by atoms with E-state index in [4.69, 9.17) is 0 Å². The summed E-state index contributed by atoms with van der Waals surface area (Å²) in [5.41, 5.74) is -0.454. The number of hydrogen-bond acceptors (Lipinski definition) is 3. The molecule has 1 aliphatic heterocycles. The number of carbonyl (C=O) groups is 3. The van der Waals surface area contributed by atoms with Crippen molar-refractivity contribution in [3.63, 3.8) is 0 Å². The Hall–Kier alpha value is -2.37. The topological polar surface area (TPSA) is 86.7 Å². The molecule has 2 N–H and O–H groups in total. The lowest BCUT2D eigenvalue weighted by Gasteiger charge is -2.34. The molecular formula is C21H28N2O4. The Labute approximate surface area is 159 Å². The summed E-state index contributed by atoms with van der Waals surface area (Å²) in [7, 11) is 0. The number of nitrogens with one attached hydrogen (secondary N) is 1. The zero-order valence-corrected chi connectivity index (χ0v) is 15.8. The van der Waals surface area contributed by atoms with Crippen molar-refractivity contribution in [1.82, 2.24) is 10.2 Å². The smallest absolute Gasteiger partial charge is 0.315 e. The quantitative estimate of drug-likeness (QED) is 0.768. The van der Waals surface area contributed by atoms with Gasteiger partial charge in [-0.15, -0.1) is 0 Å². The average molecular weight is 372 g/mol. The number of likely N-dealkylation sites (tertiary alicyclic amines) is 1. The number of nitrogens with zero attached hydrogens (tertiary/aromatic N) is 1. The number of aliphatic carboxylic acids is 1. The molecule has 2 unspecified atom stereocenters. The van der Waals surface area contributed by atoms with Crippen molar-refractivity contribution in [3.8, 4) is 0 Å². The third-order valence-corrected chi connectivity index (χ3v) is 5.93. The predicted molar refractivity (Wildman–Crippen MR) is 101 cm³/mol. The summed E-state index contributed by atoms with van der Waals surface area (Å²) in [6.45, 7) is 3.04. The summed E-state index contributed by atoms with van der Waals surface area (Å²) in [4.78, 5) is 38.9. The number of amides is 2. The molecule has 1 saturated carbocycles. The van der Waals surface area contributed by atoms with Gasteiger partial charge in [0.25, 0.3) is 0 Å². The maximum Gasteiger partial charge on any atom is 0.315 e. The Morgan fingerprint density at radius 1 is 1.15 bits per heavy atom. The molecule has 6 heteroatoms. The number of carboxylic acid groups (broad SMARTS) is 1. The van der Waals surface area contributed by atoms with E-state index in [1.165, 1.54) is 0 Å². The minimum atomic E-state index is -1.14. The molecule has 6 nitrogen and oxygen atoms in total. The van der Waals surface area contributed by atoms with Gasteiger partial charge in [-0.3, -0.25) is 14.4 Å². The van der Waals surface area contributed by atoms with Gasteiger partial charge in [0.1, 0.15) is 5.41 Å². The lowest BCUT2D eigenvalue weighted by atomic mass is 9.78. The van der Waals surface area contributed by atoms with Crippen LogP contribution in [0, 0.1) is 11.8 Å². The van der Waals surface area contributed by atoms with Gasteiger partial charge in [-0.25, -0.2) is 0 Å². The van der Waals surface area contributed by atoms with E-state index in [0.717, 1.165) is 32.2 Å². The first-order valence-corrected chi connectivity index (χ1v) is 9.83. The molecule has 3 rings (SSSR count). The first kappa shape index (κ1) is 19.4. The third kappa shape index (κ3) is 4.15. The van der Waals surface area contributed by atoms with Gasteiger partial charge in [-0.1, -0.05) is 37.3 Å². The second-order valence-corrected chi connectivity index (χ2v) is 7.72. The van der Waals surface area contributed by atoms with Gasteiger partial charge in [0.2, 0.25) is 11.8 Å². The molecular weight excluding hydrogens is 344 g/mol. The van der Waals surface area contributed by atoms with Crippen LogP contribution < -0.4 is 5.32 Å². The zero-order valence-electron chi connectivity index (χ0n) is 15.8. The number of carbonyl (C=O) groups excluding carboxylic acids is 2. The molecule has 0 aromatic heterocycles. The number of rotatable bonds is 7. The number of piperidine rings is 1. The molecule has 2 atom stereocenters. The standard InChI is InChI=1S/C21H28N2O4/c1-2-21(20(26)27,17-8-4-3-5-9-17)14-22-18(24)16-7-6-12-23(13-16)19(25)15-10-11-15/h3-5,8-9,15-16H,2,6-7,10-14H2,1H3,(H,22,24)(H,26,27). The highest BCUT2D eigenvalue weighted by molar-refractivity contribution is 5.85. The monoisotopic (exact) mass is 372 g/mol. The number of hydrogen-bond donors (Lipinski definition) is 2. The summed E-state index contributed by atoms with van der Waals surface area (Å²) in [5.74, 6) is -1.03. The van der Waals surface area contributed by atoms with Crippen molar-refractivity contribution in [3.05, 3.63) is 35.9 Å². The number of benzene rings is 1. The van der Waals surface area contributed by atoms with Crippen molar-refractivity contribution < 1.29 is 19.5 Å². The van der Waals surface area contributed by atoms with E-state index in [2.05, 4.69) is 5.32 Å². The minimum absolute atomic E-state index is 0.0503. The van der Waals surface area contributed by atoms with Gasteiger partial charge in [-0.2, -0.15) is 0 Å². The molecule has 146 valence electrons. The SMILES string of the molecule is CCC(CNC(=O)C1CCCN(C(=O)C2CC2)C1)(C(=O)O)c1ccccc1. The first-order chi connectivity index (χ1) is 13.0. The van der Waals surface area contributed by atoms with Gasteiger partial charge in [0.05, 0.1) is 5.92 Å². The molecule has 1 saturated heterocycles. The van der Waals surface area contributed by atoms with E-state index < -0.39 is 11.4 Å². The largest absolute Gasteiger partial charge is 0.481 e. The molecule has 1 aliphatic carbocycles. The average Bonchev–Trinajstić information content (AvgIpc) is 3.54. The molecule has 2 aliphatic rings. The third-order valence-electron chi connectivity index (χ3n) is 5.93. The molecule has 27 heavy (non-hydrogen) atoms. The molecule has 0 spiro atoms. The fourth-order valence-electron chi connectivity index (χ4n) is 3.90. The van der Waals surface area contributed by atoms with Crippen molar-refractivity contribution >= 4 is 17.8 Å². The Balaban J connectivity index is 1.65. The summed E-state index contributed by atoms with van der Waals surface area (Å²) in [5, 5.41) is 12.7. The van der Waals surface area contributed by atoms with Crippen LogP contribution in [0.15, 0.2) is 30.3 Å². The molecule has 0 bridgehead atoms. The summed E-state index contributed by atoms with van der Waals surface area (Å²) < 4.78 is 0. The second-order valence-electron chi connectivity index (χ2n) is 7.72. The Bertz CT molecular complexity index is 701. The molecule has 1 aromatic rings. The van der Waals surface area contributed by atoms with Gasteiger partial charge in [-0.05, 0) is 37.7 Å². The van der Waals surface area contributed by atoms with Crippen LogP contribution in [-0.4, -0.2) is 47.4 Å². The van der Waals surface area contributed by atoms with E-state index in [-0.39, 0.29) is 30.2 Å². The van der Waals surface area contributed by atoms with Crippen LogP contribution >= 0.6 is 0 Å². The van der Waals surface area contributed by atoms with Crippen LogP contribution in [0.4, 0.5) is 0 Å². The van der Waals surface area contributed by atoms with Crippen molar-refractivity contribution in [2.24, 2.45) is 11.8 Å². The van der Waals surface area contributed by atoms with Crippen LogP contribution in [-0.2, 0) is 19.8 Å². The predicted octanol–water partition coefficient (Wildman–Crippen LogP) is 2.18. The maximum absolute atomic E-state index is 12.7. The van der Waals surface area contributed by atoms with Gasteiger partial charge in [0.15, 0.2) is 0 Å². The normalized spacial score (nSPS) is 22.0. The van der Waals surface area contributed by atoms with Crippen LogP contribution in [0.2, 0.25) is 0 Å². The molecule has 1 aromatic carbocycles. The van der Waals surface area contributed by atoms with E-state index in [1.807, 2.05) is 30.0 Å². The highest BCUT2D eigenvalue weighted by Crippen LogP contribution is 2.33. The fourth-order valence-corrected chi connectivity index (χ4v) is 3.90. The zero-order chi connectivity index (χ0) is 19.4. The maximum atomic E-state index is 12.7. The van der Waals surface area contributed by atoms with Crippen LogP contribution in [0.5, 0.6) is 0 Å². The number of carboxylic acids is 1. The lowest BCUT2D eigenvalue weighted by molar-refractivity contribution is -0.144. The summed E-state index contributed by atoms with van der Waals surface area (Å²) in [6.07, 6.45) is 3.84. The van der Waals surface area contributed by atoms with Gasteiger partial charge in [0, 0.05) is 25.6 Å². The first-order valence-electron chi connectivity index (χ1n) is 9.83.